The molecule has 1 heterocycles. The third-order valence-corrected chi connectivity index (χ3v) is 4.85. The molecule has 0 unspecified atom stereocenters. The summed E-state index contributed by atoms with van der Waals surface area (Å²) < 4.78 is 11.6. The molecular formula is C14H30N4O5. The van der Waals surface area contributed by atoms with Crippen LogP contribution in [0.5, 0.6) is 0 Å². The van der Waals surface area contributed by atoms with E-state index in [1.807, 2.05) is 6.92 Å². The van der Waals surface area contributed by atoms with E-state index in [-0.39, 0.29) is 18.2 Å². The van der Waals surface area contributed by atoms with Crippen molar-refractivity contribution < 1.29 is 24.8 Å². The number of nitrogens with one attached hydrogen (secondary N) is 1. The van der Waals surface area contributed by atoms with Gasteiger partial charge in [0.1, 0.15) is 6.10 Å². The number of rotatable bonds is 4. The Bertz CT molecular complexity index is 388. The van der Waals surface area contributed by atoms with Crippen molar-refractivity contribution in [2.75, 3.05) is 7.05 Å². The van der Waals surface area contributed by atoms with Crippen LogP contribution in [0.2, 0.25) is 0 Å². The number of ether oxygens (including phenoxy) is 2. The lowest BCUT2D eigenvalue weighted by atomic mass is 9.82. The summed E-state index contributed by atoms with van der Waals surface area (Å²) in [6.45, 7) is 1.84. The van der Waals surface area contributed by atoms with Gasteiger partial charge in [0.15, 0.2) is 6.29 Å². The summed E-state index contributed by atoms with van der Waals surface area (Å²) in [5.41, 5.74) is 17.8. The molecule has 0 bridgehead atoms. The number of aliphatic hydroxyl groups excluding tert-OH is 3. The molecule has 2 aliphatic rings. The average molecular weight is 334 g/mol. The monoisotopic (exact) mass is 334 g/mol. The summed E-state index contributed by atoms with van der Waals surface area (Å²) in [5.74, 6) is 0. The molecule has 0 aromatic heterocycles. The van der Waals surface area contributed by atoms with Crippen LogP contribution in [0.3, 0.4) is 0 Å². The maximum atomic E-state index is 10.4. The minimum absolute atomic E-state index is 0.170. The van der Waals surface area contributed by atoms with E-state index in [0.29, 0.717) is 6.42 Å². The predicted octanol–water partition coefficient (Wildman–Crippen LogP) is -3.44. The van der Waals surface area contributed by atoms with Crippen molar-refractivity contribution in [1.29, 1.82) is 0 Å². The number of hydrogen-bond donors (Lipinski definition) is 7. The van der Waals surface area contributed by atoms with E-state index in [1.165, 1.54) is 0 Å². The molecule has 1 aliphatic heterocycles. The van der Waals surface area contributed by atoms with Crippen molar-refractivity contribution in [1.82, 2.24) is 5.32 Å². The third-order valence-electron chi connectivity index (χ3n) is 4.85. The molecule has 9 nitrogen and oxygen atoms in total. The molecule has 1 aliphatic carbocycles. The van der Waals surface area contributed by atoms with Gasteiger partial charge in [0, 0.05) is 6.04 Å². The summed E-state index contributed by atoms with van der Waals surface area (Å²) in [5, 5.41) is 33.3. The minimum atomic E-state index is -1.23. The Morgan fingerprint density at radius 1 is 1.13 bits per heavy atom. The van der Waals surface area contributed by atoms with Gasteiger partial charge in [-0.15, -0.1) is 0 Å². The fraction of sp³-hybridized carbons (Fsp3) is 1.00. The van der Waals surface area contributed by atoms with Crippen LogP contribution in [-0.2, 0) is 9.47 Å². The SMILES string of the molecule is CN[C@@H]1[C@@H](O)[C@H](O[C@H]2O[C@H]([C@H](C)N)CC[C@H]2N)[C@@H](N)[C@H](O)[C@@H]1O. The number of aliphatic hydroxyl groups is 3. The van der Waals surface area contributed by atoms with Crippen molar-refractivity contribution in [3.05, 3.63) is 0 Å². The first-order chi connectivity index (χ1) is 10.8. The van der Waals surface area contributed by atoms with E-state index >= 15 is 0 Å². The maximum Gasteiger partial charge on any atom is 0.173 e. The molecule has 0 spiro atoms. The van der Waals surface area contributed by atoms with E-state index in [2.05, 4.69) is 5.32 Å². The fourth-order valence-corrected chi connectivity index (χ4v) is 3.29. The summed E-state index contributed by atoms with van der Waals surface area (Å²) in [6.07, 6.45) is -4.01. The van der Waals surface area contributed by atoms with E-state index in [1.54, 1.807) is 7.05 Å². The van der Waals surface area contributed by atoms with Crippen molar-refractivity contribution >= 4 is 0 Å². The summed E-state index contributed by atoms with van der Waals surface area (Å²) in [4.78, 5) is 0. The highest BCUT2D eigenvalue weighted by atomic mass is 16.7. The molecule has 2 fully saturated rings. The first-order valence-electron chi connectivity index (χ1n) is 8.07. The van der Waals surface area contributed by atoms with Crippen molar-refractivity contribution in [2.45, 2.75) is 80.7 Å². The zero-order valence-electron chi connectivity index (χ0n) is 13.6. The molecule has 10 N–H and O–H groups in total. The molecule has 2 rings (SSSR count). The van der Waals surface area contributed by atoms with Crippen LogP contribution < -0.4 is 22.5 Å². The van der Waals surface area contributed by atoms with Gasteiger partial charge >= 0.3 is 0 Å². The quantitative estimate of drug-likeness (QED) is 0.276. The fourth-order valence-electron chi connectivity index (χ4n) is 3.29. The Morgan fingerprint density at radius 3 is 2.35 bits per heavy atom. The van der Waals surface area contributed by atoms with Crippen LogP contribution in [0.1, 0.15) is 19.8 Å². The molecule has 9 heteroatoms. The highest BCUT2D eigenvalue weighted by molar-refractivity contribution is 5.04. The van der Waals surface area contributed by atoms with Gasteiger partial charge in [-0.3, -0.25) is 0 Å². The zero-order valence-corrected chi connectivity index (χ0v) is 13.6. The normalized spacial score (nSPS) is 49.8. The van der Waals surface area contributed by atoms with Gasteiger partial charge in [-0.1, -0.05) is 0 Å². The van der Waals surface area contributed by atoms with Crippen LogP contribution in [0.25, 0.3) is 0 Å². The van der Waals surface area contributed by atoms with Crippen LogP contribution in [-0.4, -0.2) is 83.3 Å². The molecule has 0 amide bonds. The molecular weight excluding hydrogens is 304 g/mol. The molecule has 1 saturated carbocycles. The topological polar surface area (TPSA) is 169 Å². The Morgan fingerprint density at radius 2 is 1.78 bits per heavy atom. The second-order valence-electron chi connectivity index (χ2n) is 6.61. The van der Waals surface area contributed by atoms with Gasteiger partial charge in [-0.25, -0.2) is 0 Å². The number of nitrogens with two attached hydrogens (primary N) is 3. The Balaban J connectivity index is 2.09. The van der Waals surface area contributed by atoms with Gasteiger partial charge in [-0.05, 0) is 26.8 Å². The van der Waals surface area contributed by atoms with Gasteiger partial charge in [0.25, 0.3) is 0 Å². The van der Waals surface area contributed by atoms with Gasteiger partial charge in [0.05, 0.1) is 42.5 Å². The lowest BCUT2D eigenvalue weighted by Crippen LogP contribution is -2.71. The Kier molecular flexibility index (Phi) is 6.34. The first-order valence-corrected chi connectivity index (χ1v) is 8.07. The third kappa shape index (κ3) is 3.84. The molecule has 23 heavy (non-hydrogen) atoms. The van der Waals surface area contributed by atoms with E-state index in [9.17, 15) is 15.3 Å². The molecule has 10 atom stereocenters. The van der Waals surface area contributed by atoms with Gasteiger partial charge in [0.2, 0.25) is 0 Å². The van der Waals surface area contributed by atoms with Gasteiger partial charge < -0.3 is 47.3 Å². The molecule has 0 radical (unpaired) electrons. The number of likely N-dealkylation sites (N-methyl/N-ethyl adjacent to an activating group) is 1. The zero-order chi connectivity index (χ0) is 17.3. The highest BCUT2D eigenvalue weighted by Crippen LogP contribution is 2.27. The standard InChI is InChI=1S/C14H30N4O5/c1-5(15)7-4-3-6(16)14(22-7)23-13-8(17)10(19)11(20)9(18-2)12(13)21/h5-14,18-21H,3-4,15-17H2,1-2H3/t5-,6+,7-,8-,9-,10-,11+,12+,13+,14+/m0/s1. The lowest BCUT2D eigenvalue weighted by molar-refractivity contribution is -0.261. The minimum Gasteiger partial charge on any atom is -0.389 e. The van der Waals surface area contributed by atoms with Crippen molar-refractivity contribution in [3.63, 3.8) is 0 Å². The summed E-state index contributed by atoms with van der Waals surface area (Å²) in [6, 6.07) is -2.27. The highest BCUT2D eigenvalue weighted by Gasteiger charge is 2.49. The molecule has 136 valence electrons. The summed E-state index contributed by atoms with van der Waals surface area (Å²) in [7, 11) is 1.58. The van der Waals surface area contributed by atoms with Gasteiger partial charge in [-0.2, -0.15) is 0 Å². The van der Waals surface area contributed by atoms with Crippen LogP contribution in [0.15, 0.2) is 0 Å². The van der Waals surface area contributed by atoms with Crippen LogP contribution in [0, 0.1) is 0 Å². The Labute approximate surface area is 136 Å². The van der Waals surface area contributed by atoms with Crippen molar-refractivity contribution in [3.8, 4) is 0 Å². The molecule has 0 aromatic rings. The lowest BCUT2D eigenvalue weighted by Gasteiger charge is -2.47. The summed E-state index contributed by atoms with van der Waals surface area (Å²) >= 11 is 0. The average Bonchev–Trinajstić information content (AvgIpc) is 2.51. The van der Waals surface area contributed by atoms with Crippen LogP contribution >= 0.6 is 0 Å². The second kappa shape index (κ2) is 7.68. The number of hydrogen-bond acceptors (Lipinski definition) is 9. The molecule has 0 aromatic carbocycles. The second-order valence-corrected chi connectivity index (χ2v) is 6.61. The van der Waals surface area contributed by atoms with E-state index in [0.717, 1.165) is 6.42 Å². The smallest absolute Gasteiger partial charge is 0.173 e. The Hall–Kier alpha value is -0.360. The molecule has 1 saturated heterocycles. The predicted molar refractivity (Wildman–Crippen MR) is 83.2 cm³/mol. The van der Waals surface area contributed by atoms with Crippen molar-refractivity contribution in [2.24, 2.45) is 17.2 Å². The first kappa shape index (κ1) is 19.0. The largest absolute Gasteiger partial charge is 0.389 e. The van der Waals surface area contributed by atoms with E-state index in [4.69, 9.17) is 26.7 Å². The maximum absolute atomic E-state index is 10.4. The van der Waals surface area contributed by atoms with Crippen LogP contribution in [0.4, 0.5) is 0 Å². The van der Waals surface area contributed by atoms with E-state index < -0.39 is 42.8 Å².